The maximum Gasteiger partial charge on any atom is 0.320 e. The highest BCUT2D eigenvalue weighted by Crippen LogP contribution is 2.33. The van der Waals surface area contributed by atoms with Gasteiger partial charge in [-0.15, -0.1) is 0 Å². The van der Waals surface area contributed by atoms with Crippen molar-refractivity contribution in [3.8, 4) is 0 Å². The molecule has 3 atom stereocenters. The molecular weight excluding hydrogens is 368 g/mol. The number of Topliss-reactive ketones (excluding diaryl/α,β-unsaturated/α-hetero) is 1. The highest BCUT2D eigenvalue weighted by molar-refractivity contribution is 5.81. The number of hydrogen-bond donors (Lipinski definition) is 0. The second kappa shape index (κ2) is 8.07. The molecule has 0 N–H and O–H groups in total. The van der Waals surface area contributed by atoms with Gasteiger partial charge in [0.2, 0.25) is 0 Å². The van der Waals surface area contributed by atoms with Gasteiger partial charge in [0.1, 0.15) is 6.61 Å². The number of ether oxygens (including phenoxy) is 2. The van der Waals surface area contributed by atoms with Crippen LogP contribution in [0.5, 0.6) is 0 Å². The lowest BCUT2D eigenvalue weighted by atomic mass is 9.87. The summed E-state index contributed by atoms with van der Waals surface area (Å²) in [7, 11) is 0. The van der Waals surface area contributed by atoms with E-state index in [0.717, 1.165) is 45.7 Å². The third-order valence-corrected chi connectivity index (χ3v) is 7.07. The molecule has 4 aliphatic rings. The molecule has 4 heterocycles. The number of rotatable bonds is 2. The Morgan fingerprint density at radius 3 is 2.45 bits per heavy atom. The van der Waals surface area contributed by atoms with E-state index in [-0.39, 0.29) is 30.4 Å². The van der Waals surface area contributed by atoms with E-state index in [4.69, 9.17) is 9.47 Å². The van der Waals surface area contributed by atoms with E-state index in [1.807, 2.05) is 9.80 Å². The maximum absolute atomic E-state index is 12.9. The molecule has 1 unspecified atom stereocenters. The molecule has 2 amide bonds. The van der Waals surface area contributed by atoms with Crippen molar-refractivity contribution in [2.45, 2.75) is 43.6 Å². The third kappa shape index (κ3) is 3.92. The van der Waals surface area contributed by atoms with Gasteiger partial charge >= 0.3 is 6.03 Å². The van der Waals surface area contributed by atoms with Crippen molar-refractivity contribution in [1.29, 1.82) is 0 Å². The van der Waals surface area contributed by atoms with Gasteiger partial charge in [-0.2, -0.15) is 0 Å². The minimum atomic E-state index is 0.119. The molecule has 0 saturated carbocycles. The van der Waals surface area contributed by atoms with Gasteiger partial charge in [0.25, 0.3) is 0 Å². The molecule has 0 bridgehead atoms. The van der Waals surface area contributed by atoms with Crippen LogP contribution in [0.4, 0.5) is 4.79 Å². The SMILES string of the molecule is O=C1CO[C@H]2CCN(C(=O)N3CC(c4ccc(C5CCCOC5)cc4)C3)C[C@H]2C1. The van der Waals surface area contributed by atoms with Crippen molar-refractivity contribution in [3.05, 3.63) is 35.4 Å². The molecule has 0 radical (unpaired) electrons. The highest BCUT2D eigenvalue weighted by Gasteiger charge is 2.40. The fourth-order valence-corrected chi connectivity index (χ4v) is 5.24. The van der Waals surface area contributed by atoms with Gasteiger partial charge in [-0.05, 0) is 30.4 Å². The number of ketones is 1. The van der Waals surface area contributed by atoms with Crippen LogP contribution in [0, 0.1) is 5.92 Å². The molecule has 6 heteroatoms. The first-order valence-corrected chi connectivity index (χ1v) is 11.0. The van der Waals surface area contributed by atoms with E-state index in [1.54, 1.807) is 0 Å². The van der Waals surface area contributed by atoms with Gasteiger partial charge < -0.3 is 19.3 Å². The molecule has 1 aromatic carbocycles. The summed E-state index contributed by atoms with van der Waals surface area (Å²) in [6.07, 6.45) is 3.89. The molecule has 156 valence electrons. The van der Waals surface area contributed by atoms with Gasteiger partial charge in [-0.1, -0.05) is 24.3 Å². The maximum atomic E-state index is 12.9. The van der Waals surface area contributed by atoms with Crippen LogP contribution in [0.3, 0.4) is 0 Å². The number of fused-ring (bicyclic) bond motifs is 1. The van der Waals surface area contributed by atoms with Crippen molar-refractivity contribution in [3.63, 3.8) is 0 Å². The lowest BCUT2D eigenvalue weighted by Crippen LogP contribution is -2.58. The Labute approximate surface area is 172 Å². The van der Waals surface area contributed by atoms with Gasteiger partial charge in [0, 0.05) is 57.0 Å². The van der Waals surface area contributed by atoms with Gasteiger partial charge in [-0.3, -0.25) is 4.79 Å². The molecular formula is C23H30N2O4. The lowest BCUT2D eigenvalue weighted by Gasteiger charge is -2.46. The number of carbonyl (C=O) groups is 2. The first kappa shape index (κ1) is 19.1. The first-order valence-electron chi connectivity index (χ1n) is 11.0. The van der Waals surface area contributed by atoms with E-state index in [1.165, 1.54) is 17.5 Å². The van der Waals surface area contributed by atoms with Crippen LogP contribution in [-0.2, 0) is 14.3 Å². The van der Waals surface area contributed by atoms with Crippen LogP contribution in [0.2, 0.25) is 0 Å². The monoisotopic (exact) mass is 398 g/mol. The molecule has 0 aromatic heterocycles. The third-order valence-electron chi connectivity index (χ3n) is 7.07. The van der Waals surface area contributed by atoms with Crippen LogP contribution >= 0.6 is 0 Å². The number of benzene rings is 1. The number of hydrogen-bond acceptors (Lipinski definition) is 4. The van der Waals surface area contributed by atoms with Crippen LogP contribution in [0.1, 0.15) is 48.6 Å². The summed E-state index contributed by atoms with van der Waals surface area (Å²) in [5.74, 6) is 1.28. The zero-order valence-electron chi connectivity index (χ0n) is 16.9. The molecule has 29 heavy (non-hydrogen) atoms. The lowest BCUT2D eigenvalue weighted by molar-refractivity contribution is -0.140. The van der Waals surface area contributed by atoms with Crippen molar-refractivity contribution in [2.24, 2.45) is 5.92 Å². The van der Waals surface area contributed by atoms with Gasteiger partial charge in [0.15, 0.2) is 5.78 Å². The zero-order valence-corrected chi connectivity index (χ0v) is 16.9. The average Bonchev–Trinajstić information content (AvgIpc) is 2.73. The predicted molar refractivity (Wildman–Crippen MR) is 108 cm³/mol. The van der Waals surface area contributed by atoms with Crippen molar-refractivity contribution in [1.82, 2.24) is 9.80 Å². The Balaban J connectivity index is 1.13. The number of amides is 2. The minimum Gasteiger partial charge on any atom is -0.381 e. The van der Waals surface area contributed by atoms with E-state index in [0.29, 0.717) is 24.8 Å². The second-order valence-electron chi connectivity index (χ2n) is 9.05. The topological polar surface area (TPSA) is 59.1 Å². The summed E-state index contributed by atoms with van der Waals surface area (Å²) in [6, 6.07) is 9.06. The van der Waals surface area contributed by atoms with E-state index in [2.05, 4.69) is 24.3 Å². The summed E-state index contributed by atoms with van der Waals surface area (Å²) in [5.41, 5.74) is 2.69. The Hall–Kier alpha value is -1.92. The molecule has 4 fully saturated rings. The molecule has 4 aliphatic heterocycles. The van der Waals surface area contributed by atoms with Crippen LogP contribution in [0.15, 0.2) is 24.3 Å². The number of piperidine rings is 1. The summed E-state index contributed by atoms with van der Waals surface area (Å²) in [6.45, 7) is 4.91. The number of nitrogens with zero attached hydrogens (tertiary/aromatic N) is 2. The van der Waals surface area contributed by atoms with E-state index in [9.17, 15) is 9.59 Å². The van der Waals surface area contributed by atoms with Crippen LogP contribution < -0.4 is 0 Å². The smallest absolute Gasteiger partial charge is 0.320 e. The van der Waals surface area contributed by atoms with Crippen molar-refractivity contribution < 1.29 is 19.1 Å². The predicted octanol–water partition coefficient (Wildman–Crippen LogP) is 2.78. The summed E-state index contributed by atoms with van der Waals surface area (Å²) < 4.78 is 11.3. The first-order chi connectivity index (χ1) is 14.2. The van der Waals surface area contributed by atoms with E-state index >= 15 is 0 Å². The quantitative estimate of drug-likeness (QED) is 0.769. The Morgan fingerprint density at radius 1 is 0.966 bits per heavy atom. The Morgan fingerprint density at radius 2 is 1.72 bits per heavy atom. The summed E-state index contributed by atoms with van der Waals surface area (Å²) in [4.78, 5) is 28.4. The molecule has 6 nitrogen and oxygen atoms in total. The number of urea groups is 1. The standard InChI is InChI=1S/C23H30N2O4/c26-21-10-19-11-24(8-7-22(19)29-15-21)23(27)25-12-20(13-25)17-5-3-16(4-6-17)18-2-1-9-28-14-18/h3-6,18-20,22H,1-2,7-15H2/t18?,19-,22+/m1/s1. The fraction of sp³-hybridized carbons (Fsp3) is 0.652. The second-order valence-corrected chi connectivity index (χ2v) is 9.05. The molecule has 0 spiro atoms. The normalized spacial score (nSPS) is 30.6. The number of carbonyl (C=O) groups excluding carboxylic acids is 2. The summed E-state index contributed by atoms with van der Waals surface area (Å²) in [5, 5.41) is 0. The van der Waals surface area contributed by atoms with E-state index < -0.39 is 0 Å². The molecule has 1 aromatic rings. The fourth-order valence-electron chi connectivity index (χ4n) is 5.24. The highest BCUT2D eigenvalue weighted by atomic mass is 16.5. The average molecular weight is 399 g/mol. The molecule has 4 saturated heterocycles. The number of likely N-dealkylation sites (tertiary alicyclic amines) is 2. The Kier molecular flexibility index (Phi) is 5.31. The summed E-state index contributed by atoms with van der Waals surface area (Å²) >= 11 is 0. The van der Waals surface area contributed by atoms with Crippen LogP contribution in [-0.4, -0.2) is 73.7 Å². The van der Waals surface area contributed by atoms with Crippen LogP contribution in [0.25, 0.3) is 0 Å². The van der Waals surface area contributed by atoms with Gasteiger partial charge in [0.05, 0.1) is 12.7 Å². The largest absolute Gasteiger partial charge is 0.381 e. The van der Waals surface area contributed by atoms with Gasteiger partial charge in [-0.25, -0.2) is 4.79 Å². The minimum absolute atomic E-state index is 0.119. The van der Waals surface area contributed by atoms with Crippen molar-refractivity contribution >= 4 is 11.8 Å². The van der Waals surface area contributed by atoms with Crippen molar-refractivity contribution in [2.75, 3.05) is 46.0 Å². The zero-order chi connectivity index (χ0) is 19.8. The molecule has 0 aliphatic carbocycles. The molecule has 5 rings (SSSR count). The Bertz CT molecular complexity index is 753.